The first-order valence-electron chi connectivity index (χ1n) is 8.75. The van der Waals surface area contributed by atoms with Crippen LogP contribution in [-0.4, -0.2) is 23.8 Å². The summed E-state index contributed by atoms with van der Waals surface area (Å²) in [5.74, 6) is 0. The monoisotopic (exact) mass is 369 g/mol. The van der Waals surface area contributed by atoms with E-state index in [9.17, 15) is 0 Å². The molecule has 25 heavy (non-hydrogen) atoms. The lowest BCUT2D eigenvalue weighted by Crippen LogP contribution is -2.33. The predicted octanol–water partition coefficient (Wildman–Crippen LogP) is 6.55. The summed E-state index contributed by atoms with van der Waals surface area (Å²) in [5, 5.41) is 2.75. The molecule has 3 aromatic rings. The van der Waals surface area contributed by atoms with Crippen molar-refractivity contribution in [3.05, 3.63) is 54.6 Å². The molecule has 0 spiro atoms. The zero-order valence-electron chi connectivity index (χ0n) is 14.5. The average Bonchev–Trinajstić information content (AvgIpc) is 2.90. The number of fused-ring (bicyclic) bond motifs is 3. The molecule has 0 aliphatic heterocycles. The second-order valence-corrected chi connectivity index (χ2v) is 8.36. The molecule has 0 fully saturated rings. The number of hydrogen-bond acceptors (Lipinski definition) is 1. The molecule has 1 aliphatic carbocycles. The number of benzene rings is 3. The fourth-order valence-corrected chi connectivity index (χ4v) is 4.28. The molecule has 0 heterocycles. The van der Waals surface area contributed by atoms with E-state index in [1.807, 2.05) is 13.8 Å². The van der Waals surface area contributed by atoms with E-state index in [2.05, 4.69) is 59.5 Å². The highest BCUT2D eigenvalue weighted by atomic mass is 35.5. The van der Waals surface area contributed by atoms with Gasteiger partial charge in [0.15, 0.2) is 0 Å². The molecule has 4 rings (SSSR count). The van der Waals surface area contributed by atoms with Crippen LogP contribution in [0, 0.1) is 0 Å². The van der Waals surface area contributed by atoms with E-state index in [1.54, 1.807) is 0 Å². The second-order valence-electron chi connectivity index (χ2n) is 6.87. The summed E-state index contributed by atoms with van der Waals surface area (Å²) in [6.45, 7) is 5.63. The molecule has 0 amide bonds. The van der Waals surface area contributed by atoms with Gasteiger partial charge < -0.3 is 4.90 Å². The topological polar surface area (TPSA) is 3.24 Å². The SMILES string of the molecule is CC(Cl)CN(CC(C)Cl)c1ccc2c3c(cccc13)-c1ccccc1-2. The van der Waals surface area contributed by atoms with Crippen LogP contribution in [0.1, 0.15) is 13.8 Å². The van der Waals surface area contributed by atoms with Gasteiger partial charge in [-0.15, -0.1) is 23.2 Å². The van der Waals surface area contributed by atoms with Crippen LogP contribution in [0.3, 0.4) is 0 Å². The van der Waals surface area contributed by atoms with Gasteiger partial charge in [0.2, 0.25) is 0 Å². The third-order valence-corrected chi connectivity index (χ3v) is 5.09. The molecular weight excluding hydrogens is 349 g/mol. The smallest absolute Gasteiger partial charge is 0.0483 e. The minimum absolute atomic E-state index is 0.0654. The van der Waals surface area contributed by atoms with Crippen molar-refractivity contribution in [2.75, 3.05) is 18.0 Å². The van der Waals surface area contributed by atoms with E-state index in [0.29, 0.717) is 0 Å². The molecule has 0 saturated carbocycles. The zero-order valence-corrected chi connectivity index (χ0v) is 16.0. The Labute approximate surface area is 159 Å². The van der Waals surface area contributed by atoms with Gasteiger partial charge in [-0.25, -0.2) is 0 Å². The number of nitrogens with zero attached hydrogens (tertiary/aromatic N) is 1. The van der Waals surface area contributed by atoms with Crippen molar-refractivity contribution in [2.45, 2.75) is 24.6 Å². The Morgan fingerprint density at radius 2 is 1.28 bits per heavy atom. The largest absolute Gasteiger partial charge is 0.368 e. The number of anilines is 1. The van der Waals surface area contributed by atoms with Crippen LogP contribution in [0.4, 0.5) is 5.69 Å². The highest BCUT2D eigenvalue weighted by Crippen LogP contribution is 2.49. The van der Waals surface area contributed by atoms with Gasteiger partial charge >= 0.3 is 0 Å². The fraction of sp³-hybridized carbons (Fsp3) is 0.273. The first-order valence-corrected chi connectivity index (χ1v) is 9.62. The van der Waals surface area contributed by atoms with Crippen LogP contribution in [-0.2, 0) is 0 Å². The lowest BCUT2D eigenvalue weighted by Gasteiger charge is -2.28. The molecule has 3 aromatic carbocycles. The molecule has 1 aliphatic rings. The van der Waals surface area contributed by atoms with E-state index < -0.39 is 0 Å². The molecule has 2 unspecified atom stereocenters. The molecule has 2 atom stereocenters. The van der Waals surface area contributed by atoms with E-state index in [0.717, 1.165) is 13.1 Å². The maximum atomic E-state index is 6.32. The lowest BCUT2D eigenvalue weighted by atomic mass is 10.0. The molecule has 128 valence electrons. The number of alkyl halides is 2. The summed E-state index contributed by atoms with van der Waals surface area (Å²) >= 11 is 12.6. The number of halogens is 2. The summed E-state index contributed by atoms with van der Waals surface area (Å²) in [4.78, 5) is 2.32. The van der Waals surface area contributed by atoms with Crippen molar-refractivity contribution in [2.24, 2.45) is 0 Å². The Morgan fingerprint density at radius 1 is 0.720 bits per heavy atom. The van der Waals surface area contributed by atoms with Crippen LogP contribution in [0.5, 0.6) is 0 Å². The molecule has 0 radical (unpaired) electrons. The standard InChI is InChI=1S/C22H21Cl2N/c1-14(23)12-25(13-15(2)24)21-11-10-19-17-7-4-3-6-16(17)18-8-5-9-20(21)22(18)19/h3-11,14-15H,12-13H2,1-2H3. The van der Waals surface area contributed by atoms with E-state index in [-0.39, 0.29) is 10.8 Å². The third-order valence-electron chi connectivity index (χ3n) is 4.81. The Morgan fingerprint density at radius 3 is 1.88 bits per heavy atom. The first kappa shape index (κ1) is 16.8. The van der Waals surface area contributed by atoms with Crippen molar-refractivity contribution in [3.63, 3.8) is 0 Å². The Bertz CT molecular complexity index is 891. The Hall–Kier alpha value is -1.70. The second kappa shape index (κ2) is 6.55. The van der Waals surface area contributed by atoms with Crippen molar-refractivity contribution < 1.29 is 0 Å². The lowest BCUT2D eigenvalue weighted by molar-refractivity contribution is 0.756. The Balaban J connectivity index is 1.92. The van der Waals surface area contributed by atoms with Gasteiger partial charge in [-0.2, -0.15) is 0 Å². The molecule has 0 aromatic heterocycles. The van der Waals surface area contributed by atoms with E-state index in [4.69, 9.17) is 23.2 Å². The highest BCUT2D eigenvalue weighted by molar-refractivity contribution is 6.22. The van der Waals surface area contributed by atoms with Crippen molar-refractivity contribution in [1.29, 1.82) is 0 Å². The normalized spacial score (nSPS) is 14.4. The van der Waals surface area contributed by atoms with Crippen LogP contribution in [0.25, 0.3) is 33.0 Å². The van der Waals surface area contributed by atoms with Gasteiger partial charge in [-0.3, -0.25) is 0 Å². The molecule has 0 saturated heterocycles. The van der Waals surface area contributed by atoms with Crippen molar-refractivity contribution in [3.8, 4) is 22.3 Å². The predicted molar refractivity (Wildman–Crippen MR) is 111 cm³/mol. The van der Waals surface area contributed by atoms with Crippen LogP contribution in [0.15, 0.2) is 54.6 Å². The van der Waals surface area contributed by atoms with E-state index >= 15 is 0 Å². The van der Waals surface area contributed by atoms with Crippen LogP contribution >= 0.6 is 23.2 Å². The molecular formula is C22H21Cl2N. The minimum atomic E-state index is 0.0654. The summed E-state index contributed by atoms with van der Waals surface area (Å²) in [7, 11) is 0. The van der Waals surface area contributed by atoms with Gasteiger partial charge in [0.25, 0.3) is 0 Å². The molecule has 0 N–H and O–H groups in total. The maximum absolute atomic E-state index is 6.32. The molecule has 1 nitrogen and oxygen atoms in total. The first-order chi connectivity index (χ1) is 12.1. The summed E-state index contributed by atoms with van der Waals surface area (Å²) in [6, 6.07) is 19.7. The van der Waals surface area contributed by atoms with Crippen molar-refractivity contribution >= 4 is 39.7 Å². The van der Waals surface area contributed by atoms with E-state index in [1.165, 1.54) is 38.7 Å². The van der Waals surface area contributed by atoms with Gasteiger partial charge in [0.1, 0.15) is 0 Å². The van der Waals surface area contributed by atoms with Gasteiger partial charge in [-0.05, 0) is 47.6 Å². The molecule has 0 bridgehead atoms. The fourth-order valence-electron chi connectivity index (χ4n) is 3.95. The summed E-state index contributed by atoms with van der Waals surface area (Å²) < 4.78 is 0. The highest BCUT2D eigenvalue weighted by Gasteiger charge is 2.23. The van der Waals surface area contributed by atoms with Gasteiger partial charge in [0.05, 0.1) is 0 Å². The van der Waals surface area contributed by atoms with Crippen LogP contribution in [0.2, 0.25) is 0 Å². The molecule has 3 heteroatoms. The van der Waals surface area contributed by atoms with Gasteiger partial charge in [0, 0.05) is 34.9 Å². The number of rotatable bonds is 5. The Kier molecular flexibility index (Phi) is 4.39. The quantitative estimate of drug-likeness (QED) is 0.360. The van der Waals surface area contributed by atoms with Crippen LogP contribution < -0.4 is 4.90 Å². The summed E-state index contributed by atoms with van der Waals surface area (Å²) in [5.41, 5.74) is 6.50. The minimum Gasteiger partial charge on any atom is -0.368 e. The van der Waals surface area contributed by atoms with Crippen molar-refractivity contribution in [1.82, 2.24) is 0 Å². The maximum Gasteiger partial charge on any atom is 0.0483 e. The summed E-state index contributed by atoms with van der Waals surface area (Å²) in [6.07, 6.45) is 0. The zero-order chi connectivity index (χ0) is 17.6. The van der Waals surface area contributed by atoms with Gasteiger partial charge in [-0.1, -0.05) is 48.5 Å². The average molecular weight is 370 g/mol. The third kappa shape index (κ3) is 2.90. The number of hydrogen-bond donors (Lipinski definition) is 0.